The van der Waals surface area contributed by atoms with E-state index in [0.717, 1.165) is 21.6 Å². The van der Waals surface area contributed by atoms with Gasteiger partial charge in [-0.3, -0.25) is 9.59 Å². The third kappa shape index (κ3) is 3.67. The lowest BCUT2D eigenvalue weighted by Gasteiger charge is -2.18. The Kier molecular flexibility index (Phi) is 5.20. The molecule has 144 valence electrons. The van der Waals surface area contributed by atoms with Gasteiger partial charge in [-0.1, -0.05) is 0 Å². The van der Waals surface area contributed by atoms with Crippen molar-refractivity contribution in [3.8, 4) is 5.75 Å². The van der Waals surface area contributed by atoms with E-state index in [1.807, 2.05) is 0 Å². The molecule has 0 aliphatic carbocycles. The monoisotopic (exact) mass is 384 g/mol. The van der Waals surface area contributed by atoms with Crippen molar-refractivity contribution in [1.82, 2.24) is 4.57 Å². The maximum absolute atomic E-state index is 14.3. The average molecular weight is 384 g/mol. The van der Waals surface area contributed by atoms with E-state index in [9.17, 15) is 27.2 Å². The number of carbonyl (C=O) groups excluding carboxylic acids is 1. The molecule has 1 aliphatic heterocycles. The summed E-state index contributed by atoms with van der Waals surface area (Å²) in [5.41, 5.74) is -1.13. The zero-order valence-electron chi connectivity index (χ0n) is 14.3. The van der Waals surface area contributed by atoms with Gasteiger partial charge in [0.2, 0.25) is 5.91 Å². The zero-order valence-corrected chi connectivity index (χ0v) is 14.3. The summed E-state index contributed by atoms with van der Waals surface area (Å²) in [6.07, 6.45) is -1.75. The molecule has 1 aromatic heterocycles. The van der Waals surface area contributed by atoms with Crippen LogP contribution in [0.1, 0.15) is 17.9 Å². The summed E-state index contributed by atoms with van der Waals surface area (Å²) in [6.45, 7) is -0.938. The third-order valence-corrected chi connectivity index (χ3v) is 4.45. The second-order valence-corrected chi connectivity index (χ2v) is 6.15. The van der Waals surface area contributed by atoms with Gasteiger partial charge in [0, 0.05) is 42.8 Å². The average Bonchev–Trinajstić information content (AvgIpc) is 2.96. The molecular weight excluding hydrogens is 368 g/mol. The number of rotatable bonds is 5. The lowest BCUT2D eigenvalue weighted by atomic mass is 9.97. The maximum atomic E-state index is 14.3. The molecule has 1 atom stereocenters. The highest BCUT2D eigenvalue weighted by molar-refractivity contribution is 5.96. The molecule has 27 heavy (non-hydrogen) atoms. The van der Waals surface area contributed by atoms with Gasteiger partial charge in [0.05, 0.1) is 13.7 Å². The predicted molar refractivity (Wildman–Crippen MR) is 89.3 cm³/mol. The molecule has 0 bridgehead atoms. The number of anilines is 1. The molecule has 1 aromatic carbocycles. The number of amides is 1. The van der Waals surface area contributed by atoms with Crippen LogP contribution in [0, 0.1) is 11.6 Å². The van der Waals surface area contributed by atoms with Crippen molar-refractivity contribution >= 4 is 11.6 Å². The number of methoxy groups -OCH3 is 1. The number of nitrogens with zero attached hydrogens (tertiary/aromatic N) is 2. The maximum Gasteiger partial charge on any atom is 0.274 e. The van der Waals surface area contributed by atoms with Crippen molar-refractivity contribution in [3.63, 3.8) is 0 Å². The molecule has 3 rings (SSSR count). The van der Waals surface area contributed by atoms with Crippen LogP contribution in [0.15, 0.2) is 35.3 Å². The van der Waals surface area contributed by atoms with Crippen LogP contribution in [0.25, 0.3) is 0 Å². The predicted octanol–water partition coefficient (Wildman–Crippen LogP) is 2.92. The first-order valence-electron chi connectivity index (χ1n) is 8.12. The fraction of sp³-hybridized carbons (Fsp3) is 0.333. The lowest BCUT2D eigenvalue weighted by Crippen LogP contribution is -2.33. The van der Waals surface area contributed by atoms with Crippen LogP contribution < -0.4 is 15.2 Å². The van der Waals surface area contributed by atoms with E-state index in [1.54, 1.807) is 0 Å². The minimum Gasteiger partial charge on any atom is -0.497 e. The van der Waals surface area contributed by atoms with Gasteiger partial charge in [0.25, 0.3) is 12.0 Å². The summed E-state index contributed by atoms with van der Waals surface area (Å²) in [4.78, 5) is 25.8. The van der Waals surface area contributed by atoms with Crippen LogP contribution in [0.3, 0.4) is 0 Å². The Hall–Kier alpha value is -2.84. The van der Waals surface area contributed by atoms with Gasteiger partial charge in [0.1, 0.15) is 23.1 Å². The Balaban J connectivity index is 1.93. The number of pyridine rings is 1. The summed E-state index contributed by atoms with van der Waals surface area (Å²) >= 11 is 0. The van der Waals surface area contributed by atoms with E-state index < -0.39 is 42.0 Å². The van der Waals surface area contributed by atoms with Crippen LogP contribution in [-0.4, -0.2) is 30.6 Å². The number of hydrogen-bond donors (Lipinski definition) is 0. The molecule has 2 aromatic rings. The SMILES string of the molecule is COc1cc(F)c(C2CC(=O)N(c3cccn(CC(F)F)c3=O)C2)c(F)c1. The molecule has 0 N–H and O–H groups in total. The van der Waals surface area contributed by atoms with Crippen molar-refractivity contribution in [2.45, 2.75) is 25.3 Å². The highest BCUT2D eigenvalue weighted by Crippen LogP contribution is 2.35. The summed E-state index contributed by atoms with van der Waals surface area (Å²) < 4.78 is 59.4. The smallest absolute Gasteiger partial charge is 0.274 e. The number of aromatic nitrogens is 1. The lowest BCUT2D eigenvalue weighted by molar-refractivity contribution is -0.117. The van der Waals surface area contributed by atoms with E-state index in [2.05, 4.69) is 0 Å². The molecule has 1 unspecified atom stereocenters. The van der Waals surface area contributed by atoms with Crippen molar-refractivity contribution in [2.24, 2.45) is 0 Å². The summed E-state index contributed by atoms with van der Waals surface area (Å²) in [6, 6.07) is 4.73. The number of ether oxygens (including phenoxy) is 1. The van der Waals surface area contributed by atoms with E-state index in [1.165, 1.54) is 25.4 Å². The van der Waals surface area contributed by atoms with Gasteiger partial charge in [-0.05, 0) is 12.1 Å². The van der Waals surface area contributed by atoms with Gasteiger partial charge in [-0.25, -0.2) is 17.6 Å². The molecule has 5 nitrogen and oxygen atoms in total. The van der Waals surface area contributed by atoms with E-state index in [-0.39, 0.29) is 30.0 Å². The quantitative estimate of drug-likeness (QED) is 0.745. The van der Waals surface area contributed by atoms with Gasteiger partial charge in [-0.2, -0.15) is 0 Å². The molecule has 1 saturated heterocycles. The molecule has 0 radical (unpaired) electrons. The summed E-state index contributed by atoms with van der Waals surface area (Å²) in [5, 5.41) is 0. The van der Waals surface area contributed by atoms with Gasteiger partial charge < -0.3 is 14.2 Å². The van der Waals surface area contributed by atoms with Crippen LogP contribution in [0.4, 0.5) is 23.2 Å². The van der Waals surface area contributed by atoms with Crippen LogP contribution in [0.5, 0.6) is 5.75 Å². The molecule has 1 amide bonds. The summed E-state index contributed by atoms with van der Waals surface area (Å²) in [7, 11) is 1.27. The Morgan fingerprint density at radius 3 is 2.48 bits per heavy atom. The van der Waals surface area contributed by atoms with E-state index in [0.29, 0.717) is 0 Å². The number of benzene rings is 1. The molecule has 9 heteroatoms. The number of halogens is 4. The second kappa shape index (κ2) is 7.42. The Labute approximate surface area is 151 Å². The van der Waals surface area contributed by atoms with Gasteiger partial charge >= 0.3 is 0 Å². The minimum atomic E-state index is -2.73. The number of alkyl halides is 2. The Bertz CT molecular complexity index is 906. The Morgan fingerprint density at radius 1 is 1.22 bits per heavy atom. The molecule has 1 fully saturated rings. The number of carbonyl (C=O) groups is 1. The molecule has 0 saturated carbocycles. The highest BCUT2D eigenvalue weighted by Gasteiger charge is 2.36. The van der Waals surface area contributed by atoms with Crippen LogP contribution in [0.2, 0.25) is 0 Å². The topological polar surface area (TPSA) is 51.5 Å². The van der Waals surface area contributed by atoms with Crippen LogP contribution >= 0.6 is 0 Å². The zero-order chi connectivity index (χ0) is 19.7. The first-order valence-corrected chi connectivity index (χ1v) is 8.12. The number of hydrogen-bond acceptors (Lipinski definition) is 3. The standard InChI is InChI=1S/C18H16F4N2O3/c1-27-11-6-12(19)17(13(20)7-11)10-5-16(25)24(8-10)14-3-2-4-23(18(14)26)9-15(21)22/h2-4,6-7,10,15H,5,8-9H2,1H3. The largest absolute Gasteiger partial charge is 0.497 e. The van der Waals surface area contributed by atoms with Crippen molar-refractivity contribution in [2.75, 3.05) is 18.6 Å². The molecule has 1 aliphatic rings. The minimum absolute atomic E-state index is 0.00729. The van der Waals surface area contributed by atoms with Crippen molar-refractivity contribution in [3.05, 3.63) is 58.0 Å². The van der Waals surface area contributed by atoms with Gasteiger partial charge in [0.15, 0.2) is 0 Å². The summed E-state index contributed by atoms with van der Waals surface area (Å²) in [5.74, 6) is -3.02. The van der Waals surface area contributed by atoms with Crippen molar-refractivity contribution in [1.29, 1.82) is 0 Å². The molecule has 2 heterocycles. The van der Waals surface area contributed by atoms with Crippen LogP contribution in [-0.2, 0) is 11.3 Å². The van der Waals surface area contributed by atoms with E-state index in [4.69, 9.17) is 4.74 Å². The first-order chi connectivity index (χ1) is 12.8. The molecular formula is C18H16F4N2O3. The highest BCUT2D eigenvalue weighted by atomic mass is 19.3. The third-order valence-electron chi connectivity index (χ3n) is 4.45. The van der Waals surface area contributed by atoms with Gasteiger partial charge in [-0.15, -0.1) is 0 Å². The fourth-order valence-corrected chi connectivity index (χ4v) is 3.22. The normalized spacial score (nSPS) is 17.0. The Morgan fingerprint density at radius 2 is 1.89 bits per heavy atom. The second-order valence-electron chi connectivity index (χ2n) is 6.15. The fourth-order valence-electron chi connectivity index (χ4n) is 3.22. The molecule has 0 spiro atoms. The first kappa shape index (κ1) is 18.9. The van der Waals surface area contributed by atoms with Crippen molar-refractivity contribution < 1.29 is 27.1 Å². The van der Waals surface area contributed by atoms with E-state index >= 15 is 0 Å².